The normalized spacial score (nSPS) is 9.60. The summed E-state index contributed by atoms with van der Waals surface area (Å²) in [7, 11) is 1.88. The Hall–Kier alpha value is -1.20. The highest BCUT2D eigenvalue weighted by molar-refractivity contribution is 5.04. The van der Waals surface area contributed by atoms with Crippen molar-refractivity contribution in [2.45, 2.75) is 40.2 Å². The zero-order valence-corrected chi connectivity index (χ0v) is 10.9. The van der Waals surface area contributed by atoms with Gasteiger partial charge >= 0.3 is 0 Å². The predicted octanol–water partition coefficient (Wildman–Crippen LogP) is 2.71. The maximum Gasteiger partial charge on any atom is 0.119 e. The lowest BCUT2D eigenvalue weighted by molar-refractivity contribution is 0.144. The summed E-state index contributed by atoms with van der Waals surface area (Å²) in [4.78, 5) is 0. The summed E-state index contributed by atoms with van der Waals surface area (Å²) >= 11 is 0. The van der Waals surface area contributed by atoms with Gasteiger partial charge in [0.2, 0.25) is 0 Å². The first-order valence-corrected chi connectivity index (χ1v) is 5.04. The van der Waals surface area contributed by atoms with Crippen LogP contribution in [-0.4, -0.2) is 17.8 Å². The molecule has 0 rings (SSSR count). The molecule has 0 bridgehead atoms. The number of aliphatic hydroxyl groups is 1. The van der Waals surface area contributed by atoms with Gasteiger partial charge in [-0.05, 0) is 26.8 Å². The number of hydrogen-bond acceptors (Lipinski definition) is 2. The molecule has 0 fully saturated rings. The molecule has 0 saturated heterocycles. The highest BCUT2D eigenvalue weighted by Crippen LogP contribution is 1.93. The van der Waals surface area contributed by atoms with Crippen molar-refractivity contribution in [3.8, 4) is 12.3 Å². The molecule has 0 heterocycles. The third-order valence-electron chi connectivity index (χ3n) is 1.12. The lowest BCUT2D eigenvalue weighted by atomic mass is 10.2. The minimum absolute atomic E-state index is 0.931. The van der Waals surface area contributed by atoms with E-state index in [1.54, 1.807) is 19.9 Å². The van der Waals surface area contributed by atoms with Crippen LogP contribution in [-0.2, 0) is 0 Å². The summed E-state index contributed by atoms with van der Waals surface area (Å²) in [6.45, 7) is 12.6. The summed E-state index contributed by atoms with van der Waals surface area (Å²) in [6.07, 6.45) is 8.48. The van der Waals surface area contributed by atoms with E-state index in [-0.39, 0.29) is 0 Å². The van der Waals surface area contributed by atoms with E-state index in [1.165, 1.54) is 0 Å². The van der Waals surface area contributed by atoms with Crippen LogP contribution in [0.3, 0.4) is 0 Å². The van der Waals surface area contributed by atoms with E-state index in [0.29, 0.717) is 0 Å². The Kier molecular flexibility index (Phi) is 16.5. The van der Waals surface area contributed by atoms with Crippen molar-refractivity contribution in [3.05, 3.63) is 24.4 Å². The molecule has 0 amide bonds. The standard InChI is InChI=1S/C6H11N.C5H8O.C2H6/c1-4-5-6(2)7-3;1-4-5(2,3)6;1-2/h4-5,7H,1H2,2-3H3;1,6H,2-3H3;1-2H3/b6-5-;;. The van der Waals surface area contributed by atoms with Crippen LogP contribution in [0.5, 0.6) is 0 Å². The van der Waals surface area contributed by atoms with Gasteiger partial charge in [-0.25, -0.2) is 0 Å². The van der Waals surface area contributed by atoms with Crippen LogP contribution in [0.25, 0.3) is 0 Å². The molecule has 0 aromatic rings. The van der Waals surface area contributed by atoms with Crippen LogP contribution in [0.4, 0.5) is 0 Å². The van der Waals surface area contributed by atoms with Gasteiger partial charge in [-0.15, -0.1) is 6.42 Å². The van der Waals surface area contributed by atoms with E-state index in [2.05, 4.69) is 17.8 Å². The molecular weight excluding hydrogens is 186 g/mol. The molecule has 2 nitrogen and oxygen atoms in total. The first kappa shape index (κ1) is 19.4. The van der Waals surface area contributed by atoms with Crippen LogP contribution < -0.4 is 5.32 Å². The Balaban J connectivity index is -0.000000166. The zero-order valence-electron chi connectivity index (χ0n) is 10.9. The molecule has 0 unspecified atom stereocenters. The van der Waals surface area contributed by atoms with Crippen molar-refractivity contribution < 1.29 is 5.11 Å². The van der Waals surface area contributed by atoms with Gasteiger partial charge < -0.3 is 10.4 Å². The van der Waals surface area contributed by atoms with Crippen molar-refractivity contribution >= 4 is 0 Å². The lowest BCUT2D eigenvalue weighted by Gasteiger charge is -2.04. The van der Waals surface area contributed by atoms with Crippen molar-refractivity contribution in [2.75, 3.05) is 7.05 Å². The second-order valence-electron chi connectivity index (χ2n) is 3.04. The fourth-order valence-corrected chi connectivity index (χ4v) is 0.260. The highest BCUT2D eigenvalue weighted by atomic mass is 16.3. The molecule has 0 saturated carbocycles. The molecule has 2 heteroatoms. The van der Waals surface area contributed by atoms with Crippen LogP contribution >= 0.6 is 0 Å². The first-order valence-electron chi connectivity index (χ1n) is 5.04. The Labute approximate surface area is 95.1 Å². The van der Waals surface area contributed by atoms with Gasteiger partial charge in [0.15, 0.2) is 0 Å². The maximum absolute atomic E-state index is 8.59. The molecule has 15 heavy (non-hydrogen) atoms. The molecule has 0 spiro atoms. The van der Waals surface area contributed by atoms with Gasteiger partial charge in [0.1, 0.15) is 5.60 Å². The largest absolute Gasteiger partial charge is 0.392 e. The molecule has 0 aromatic carbocycles. The van der Waals surface area contributed by atoms with Crippen molar-refractivity contribution in [1.29, 1.82) is 0 Å². The highest BCUT2D eigenvalue weighted by Gasteiger charge is 2.03. The third kappa shape index (κ3) is 32.3. The molecular formula is C13H25NO. The number of hydrogen-bond donors (Lipinski definition) is 2. The smallest absolute Gasteiger partial charge is 0.119 e. The van der Waals surface area contributed by atoms with E-state index in [4.69, 9.17) is 11.5 Å². The molecule has 0 aliphatic heterocycles. The third-order valence-corrected chi connectivity index (χ3v) is 1.12. The van der Waals surface area contributed by atoms with Crippen molar-refractivity contribution in [1.82, 2.24) is 5.32 Å². The van der Waals surface area contributed by atoms with Crippen molar-refractivity contribution in [3.63, 3.8) is 0 Å². The van der Waals surface area contributed by atoms with Crippen LogP contribution in [0.15, 0.2) is 24.4 Å². The topological polar surface area (TPSA) is 32.3 Å². The second-order valence-corrected chi connectivity index (χ2v) is 3.04. The fraction of sp³-hybridized carbons (Fsp3) is 0.538. The van der Waals surface area contributed by atoms with E-state index < -0.39 is 5.60 Å². The lowest BCUT2D eigenvalue weighted by Crippen LogP contribution is -2.13. The van der Waals surface area contributed by atoms with Crippen molar-refractivity contribution in [2.24, 2.45) is 0 Å². The molecule has 0 aromatic heterocycles. The summed E-state index contributed by atoms with van der Waals surface area (Å²) in [5.41, 5.74) is 0.204. The van der Waals surface area contributed by atoms with Gasteiger partial charge in [-0.1, -0.05) is 32.4 Å². The monoisotopic (exact) mass is 211 g/mol. The molecule has 88 valence electrons. The SMILES string of the molecule is C#CC(C)(C)O.C=C/C=C(/C)NC.CC. The maximum atomic E-state index is 8.59. The molecule has 0 radical (unpaired) electrons. The molecule has 0 aliphatic rings. The summed E-state index contributed by atoms with van der Waals surface area (Å²) < 4.78 is 0. The van der Waals surface area contributed by atoms with Crippen LogP contribution in [0.2, 0.25) is 0 Å². The summed E-state index contributed by atoms with van der Waals surface area (Å²) in [5, 5.41) is 11.5. The Morgan fingerprint density at radius 2 is 1.80 bits per heavy atom. The number of allylic oxidation sites excluding steroid dienone is 3. The Morgan fingerprint density at radius 1 is 1.47 bits per heavy atom. The van der Waals surface area contributed by atoms with Gasteiger partial charge in [0.25, 0.3) is 0 Å². The van der Waals surface area contributed by atoms with Crippen LogP contribution in [0, 0.1) is 12.3 Å². The summed E-state index contributed by atoms with van der Waals surface area (Å²) in [6, 6.07) is 0. The minimum atomic E-state index is -0.931. The van der Waals surface area contributed by atoms with Gasteiger partial charge in [-0.2, -0.15) is 0 Å². The van der Waals surface area contributed by atoms with E-state index in [9.17, 15) is 0 Å². The Morgan fingerprint density at radius 3 is 1.87 bits per heavy atom. The van der Waals surface area contributed by atoms with Gasteiger partial charge in [-0.3, -0.25) is 0 Å². The van der Waals surface area contributed by atoms with E-state index >= 15 is 0 Å². The average Bonchev–Trinajstić information content (AvgIpc) is 2.21. The zero-order chi connectivity index (χ0) is 12.9. The van der Waals surface area contributed by atoms with Crippen LogP contribution in [0.1, 0.15) is 34.6 Å². The number of rotatable bonds is 2. The average molecular weight is 211 g/mol. The minimum Gasteiger partial charge on any atom is -0.392 e. The number of terminal acetylenes is 1. The molecule has 0 aliphatic carbocycles. The summed E-state index contributed by atoms with van der Waals surface area (Å²) in [5.74, 6) is 2.16. The quantitative estimate of drug-likeness (QED) is 0.544. The first-order chi connectivity index (χ1) is 6.87. The van der Waals surface area contributed by atoms with E-state index in [0.717, 1.165) is 5.70 Å². The van der Waals surface area contributed by atoms with Gasteiger partial charge in [0, 0.05) is 12.7 Å². The molecule has 2 N–H and O–H groups in total. The fourth-order valence-electron chi connectivity index (χ4n) is 0.260. The molecule has 0 atom stereocenters. The Bertz CT molecular complexity index is 204. The van der Waals surface area contributed by atoms with E-state index in [1.807, 2.05) is 33.9 Å². The van der Waals surface area contributed by atoms with Gasteiger partial charge in [0.05, 0.1) is 0 Å². The number of nitrogens with one attached hydrogen (secondary N) is 1. The predicted molar refractivity (Wildman–Crippen MR) is 69.5 cm³/mol. The second kappa shape index (κ2) is 12.8.